The number of halogens is 1. The molecule has 0 aliphatic carbocycles. The minimum Gasteiger partial charge on any atom is -0.302 e. The molecular formula is C9H6BrNOS. The average molecular weight is 256 g/mol. The number of alkyl halides is 1. The number of thiazole rings is 1. The fourth-order valence-corrected chi connectivity index (χ4v) is 2.35. The lowest BCUT2D eigenvalue weighted by atomic mass is 10.3. The summed E-state index contributed by atoms with van der Waals surface area (Å²) < 4.78 is 1.11. The number of fused-ring (bicyclic) bond motifs is 1. The minimum atomic E-state index is -0.273. The summed E-state index contributed by atoms with van der Waals surface area (Å²) in [6.07, 6.45) is 0.845. The number of hydrogen-bond acceptors (Lipinski definition) is 3. The Morgan fingerprint density at radius 3 is 2.92 bits per heavy atom. The monoisotopic (exact) mass is 255 g/mol. The highest BCUT2D eigenvalue weighted by Gasteiger charge is 2.10. The van der Waals surface area contributed by atoms with E-state index in [9.17, 15) is 4.79 Å². The number of aldehydes is 1. The van der Waals surface area contributed by atoms with Crippen LogP contribution >= 0.6 is 27.3 Å². The van der Waals surface area contributed by atoms with Crippen molar-refractivity contribution in [1.29, 1.82) is 0 Å². The largest absolute Gasteiger partial charge is 0.302 e. The van der Waals surface area contributed by atoms with Crippen molar-refractivity contribution in [3.8, 4) is 0 Å². The number of carbonyl (C=O) groups excluding carboxylic acids is 1. The molecule has 0 saturated heterocycles. The van der Waals surface area contributed by atoms with Gasteiger partial charge in [-0.1, -0.05) is 28.1 Å². The van der Waals surface area contributed by atoms with Crippen molar-refractivity contribution in [2.24, 2.45) is 0 Å². The van der Waals surface area contributed by atoms with Gasteiger partial charge in [0.1, 0.15) is 16.1 Å². The number of rotatable bonds is 2. The highest BCUT2D eigenvalue weighted by atomic mass is 79.9. The fourth-order valence-electron chi connectivity index (χ4n) is 1.07. The molecule has 0 aliphatic rings. The predicted molar refractivity (Wildman–Crippen MR) is 57.4 cm³/mol. The molecule has 1 unspecified atom stereocenters. The average Bonchev–Trinajstić information content (AvgIpc) is 2.59. The maximum atomic E-state index is 10.5. The minimum absolute atomic E-state index is 0.273. The molecule has 2 aromatic rings. The van der Waals surface area contributed by atoms with E-state index in [1.807, 2.05) is 24.3 Å². The molecule has 1 aromatic heterocycles. The van der Waals surface area contributed by atoms with Crippen LogP contribution in [0.15, 0.2) is 24.3 Å². The lowest BCUT2D eigenvalue weighted by Gasteiger charge is -1.91. The van der Waals surface area contributed by atoms with Crippen LogP contribution in [0.4, 0.5) is 0 Å². The lowest BCUT2D eigenvalue weighted by Crippen LogP contribution is -1.87. The second kappa shape index (κ2) is 3.55. The zero-order valence-corrected chi connectivity index (χ0v) is 9.01. The van der Waals surface area contributed by atoms with Crippen molar-refractivity contribution in [1.82, 2.24) is 4.98 Å². The van der Waals surface area contributed by atoms with Crippen LogP contribution < -0.4 is 0 Å². The Balaban J connectivity index is 2.55. The maximum absolute atomic E-state index is 10.5. The summed E-state index contributed by atoms with van der Waals surface area (Å²) in [6.45, 7) is 0. The Hall–Kier alpha value is -0.740. The van der Waals surface area contributed by atoms with Gasteiger partial charge in [0.25, 0.3) is 0 Å². The van der Waals surface area contributed by atoms with Gasteiger partial charge in [-0.2, -0.15) is 0 Å². The molecule has 0 N–H and O–H groups in total. The van der Waals surface area contributed by atoms with E-state index in [1.54, 1.807) is 11.3 Å². The molecule has 0 radical (unpaired) electrons. The molecule has 0 aliphatic heterocycles. The van der Waals surface area contributed by atoms with Crippen LogP contribution in [0.1, 0.15) is 9.83 Å². The molecule has 66 valence electrons. The van der Waals surface area contributed by atoms with E-state index >= 15 is 0 Å². The Morgan fingerprint density at radius 1 is 1.46 bits per heavy atom. The van der Waals surface area contributed by atoms with E-state index < -0.39 is 0 Å². The van der Waals surface area contributed by atoms with Crippen LogP contribution in [0.3, 0.4) is 0 Å². The number of aromatic nitrogens is 1. The van der Waals surface area contributed by atoms with Crippen LogP contribution in [-0.4, -0.2) is 11.3 Å². The highest BCUT2D eigenvalue weighted by Crippen LogP contribution is 2.29. The second-order valence-corrected chi connectivity index (χ2v) is 4.61. The number of hydrogen-bond donors (Lipinski definition) is 0. The van der Waals surface area contributed by atoms with E-state index in [0.29, 0.717) is 0 Å². The molecule has 4 heteroatoms. The predicted octanol–water partition coefficient (Wildman–Crippen LogP) is 2.93. The standard InChI is InChI=1S/C9H6BrNOS/c10-6(5-12)9-11-7-3-1-2-4-8(7)13-9/h1-6H. The smallest absolute Gasteiger partial charge is 0.140 e. The molecule has 1 heterocycles. The molecule has 0 spiro atoms. The Kier molecular flexibility index (Phi) is 2.42. The first-order valence-corrected chi connectivity index (χ1v) is 5.49. The molecule has 1 atom stereocenters. The summed E-state index contributed by atoms with van der Waals surface area (Å²) in [6, 6.07) is 7.85. The maximum Gasteiger partial charge on any atom is 0.140 e. The Labute approximate surface area is 87.7 Å². The van der Waals surface area contributed by atoms with Gasteiger partial charge in [0.05, 0.1) is 10.2 Å². The van der Waals surface area contributed by atoms with Crippen LogP contribution in [0.5, 0.6) is 0 Å². The van der Waals surface area contributed by atoms with Gasteiger partial charge >= 0.3 is 0 Å². The zero-order valence-electron chi connectivity index (χ0n) is 6.61. The lowest BCUT2D eigenvalue weighted by molar-refractivity contribution is -0.107. The van der Waals surface area contributed by atoms with Crippen LogP contribution in [0.25, 0.3) is 10.2 Å². The SMILES string of the molecule is O=CC(Br)c1nc2ccccc2s1. The van der Waals surface area contributed by atoms with E-state index in [1.165, 1.54) is 0 Å². The third-order valence-corrected chi connectivity index (χ3v) is 3.74. The van der Waals surface area contributed by atoms with Crippen molar-refractivity contribution in [2.45, 2.75) is 4.83 Å². The fraction of sp³-hybridized carbons (Fsp3) is 0.111. The summed E-state index contributed by atoms with van der Waals surface area (Å²) in [5, 5.41) is 0.816. The molecule has 0 fully saturated rings. The van der Waals surface area contributed by atoms with Gasteiger partial charge in [-0.05, 0) is 12.1 Å². The molecule has 2 nitrogen and oxygen atoms in total. The summed E-state index contributed by atoms with van der Waals surface area (Å²) in [4.78, 5) is 14.6. The number of para-hydroxylation sites is 1. The van der Waals surface area contributed by atoms with Gasteiger partial charge in [-0.25, -0.2) is 4.98 Å². The van der Waals surface area contributed by atoms with E-state index in [2.05, 4.69) is 20.9 Å². The van der Waals surface area contributed by atoms with Crippen molar-refractivity contribution >= 4 is 43.8 Å². The van der Waals surface area contributed by atoms with E-state index in [0.717, 1.165) is 21.5 Å². The molecule has 1 aromatic carbocycles. The van der Waals surface area contributed by atoms with Crippen LogP contribution in [-0.2, 0) is 4.79 Å². The quantitative estimate of drug-likeness (QED) is 0.610. The van der Waals surface area contributed by atoms with Crippen molar-refractivity contribution in [3.05, 3.63) is 29.3 Å². The van der Waals surface area contributed by atoms with Gasteiger partial charge in [-0.15, -0.1) is 11.3 Å². The molecule has 0 bridgehead atoms. The number of benzene rings is 1. The van der Waals surface area contributed by atoms with E-state index in [-0.39, 0.29) is 4.83 Å². The van der Waals surface area contributed by atoms with Gasteiger partial charge in [0.2, 0.25) is 0 Å². The van der Waals surface area contributed by atoms with Crippen molar-refractivity contribution in [3.63, 3.8) is 0 Å². The summed E-state index contributed by atoms with van der Waals surface area (Å²) in [5.74, 6) is 0. The van der Waals surface area contributed by atoms with Gasteiger partial charge < -0.3 is 4.79 Å². The van der Waals surface area contributed by atoms with Crippen LogP contribution in [0.2, 0.25) is 0 Å². The number of nitrogens with zero attached hydrogens (tertiary/aromatic N) is 1. The normalized spacial score (nSPS) is 13.0. The highest BCUT2D eigenvalue weighted by molar-refractivity contribution is 9.09. The first kappa shape index (κ1) is 8.84. The summed E-state index contributed by atoms with van der Waals surface area (Å²) >= 11 is 4.78. The first-order valence-electron chi connectivity index (χ1n) is 3.76. The third-order valence-electron chi connectivity index (χ3n) is 1.67. The molecular weight excluding hydrogens is 250 g/mol. The summed E-state index contributed by atoms with van der Waals surface area (Å²) in [5.41, 5.74) is 0.953. The number of carbonyl (C=O) groups is 1. The summed E-state index contributed by atoms with van der Waals surface area (Å²) in [7, 11) is 0. The molecule has 13 heavy (non-hydrogen) atoms. The second-order valence-electron chi connectivity index (χ2n) is 2.56. The topological polar surface area (TPSA) is 30.0 Å². The van der Waals surface area contributed by atoms with E-state index in [4.69, 9.17) is 0 Å². The Morgan fingerprint density at radius 2 is 2.23 bits per heavy atom. The zero-order chi connectivity index (χ0) is 9.26. The van der Waals surface area contributed by atoms with Crippen molar-refractivity contribution < 1.29 is 4.79 Å². The first-order chi connectivity index (χ1) is 6.31. The Bertz CT molecular complexity index is 407. The molecule has 0 saturated carbocycles. The van der Waals surface area contributed by atoms with Gasteiger partial charge in [-0.3, -0.25) is 0 Å². The van der Waals surface area contributed by atoms with Crippen LogP contribution in [0, 0.1) is 0 Å². The van der Waals surface area contributed by atoms with Gasteiger partial charge in [0.15, 0.2) is 0 Å². The molecule has 2 rings (SSSR count). The van der Waals surface area contributed by atoms with Gasteiger partial charge in [0, 0.05) is 0 Å². The molecule has 0 amide bonds. The third kappa shape index (κ3) is 1.64. The van der Waals surface area contributed by atoms with Crippen molar-refractivity contribution in [2.75, 3.05) is 0 Å².